The smallest absolute Gasteiger partial charge is 0.0172 e. The van der Waals surface area contributed by atoms with Crippen LogP contribution in [0.4, 0.5) is 0 Å². The predicted molar refractivity (Wildman–Crippen MR) is 71.7 cm³/mol. The fourth-order valence-electron chi connectivity index (χ4n) is 2.17. The average Bonchev–Trinajstić information content (AvgIpc) is 2.31. The predicted octanol–water partition coefficient (Wildman–Crippen LogP) is 3.83. The Bertz CT molecular complexity index is 143. The van der Waals surface area contributed by atoms with Crippen molar-refractivity contribution in [3.8, 4) is 0 Å². The van der Waals surface area contributed by atoms with E-state index in [1.165, 1.54) is 57.2 Å². The average molecular weight is 229 g/mol. The number of hydrogen-bond donors (Lipinski definition) is 1. The van der Waals surface area contributed by atoms with Crippen LogP contribution in [0.1, 0.15) is 58.8 Å². The van der Waals surface area contributed by atoms with Crippen molar-refractivity contribution >= 4 is 11.8 Å². The lowest BCUT2D eigenvalue weighted by Crippen LogP contribution is -2.35. The minimum atomic E-state index is 0.771. The first kappa shape index (κ1) is 13.4. The minimum absolute atomic E-state index is 0.771. The van der Waals surface area contributed by atoms with Crippen molar-refractivity contribution < 1.29 is 0 Å². The number of unbranched alkanes of at least 4 members (excludes halogenated alkanes) is 1. The molecule has 0 aromatic rings. The highest BCUT2D eigenvalue weighted by atomic mass is 32.2. The number of thioether (sulfide) groups is 1. The molecule has 1 N–H and O–H groups in total. The molecule has 0 spiro atoms. The van der Waals surface area contributed by atoms with Gasteiger partial charge in [0.15, 0.2) is 0 Å². The molecular weight excluding hydrogens is 202 g/mol. The first-order valence-corrected chi connectivity index (χ1v) is 7.76. The zero-order valence-electron chi connectivity index (χ0n) is 10.4. The van der Waals surface area contributed by atoms with Gasteiger partial charge >= 0.3 is 0 Å². The molecule has 1 heterocycles. The summed E-state index contributed by atoms with van der Waals surface area (Å²) in [6.45, 7) is 5.83. The maximum Gasteiger partial charge on any atom is 0.0172 e. The monoisotopic (exact) mass is 229 g/mol. The zero-order valence-corrected chi connectivity index (χ0v) is 11.2. The number of nitrogens with one attached hydrogen (secondary N) is 1. The summed E-state index contributed by atoms with van der Waals surface area (Å²) in [6.07, 6.45) is 9.68. The molecule has 1 aliphatic rings. The Hall–Kier alpha value is 0.310. The number of rotatable bonds is 7. The van der Waals surface area contributed by atoms with Crippen LogP contribution in [-0.2, 0) is 0 Å². The van der Waals surface area contributed by atoms with Crippen molar-refractivity contribution in [3.63, 3.8) is 0 Å². The summed E-state index contributed by atoms with van der Waals surface area (Å²) < 4.78 is 0. The summed E-state index contributed by atoms with van der Waals surface area (Å²) in [4.78, 5) is 0. The van der Waals surface area contributed by atoms with Crippen molar-refractivity contribution in [1.82, 2.24) is 5.32 Å². The van der Waals surface area contributed by atoms with Crippen LogP contribution in [0.25, 0.3) is 0 Å². The molecule has 90 valence electrons. The first-order valence-electron chi connectivity index (χ1n) is 6.71. The van der Waals surface area contributed by atoms with Gasteiger partial charge in [0.25, 0.3) is 0 Å². The molecule has 0 bridgehead atoms. The second kappa shape index (κ2) is 8.46. The van der Waals surface area contributed by atoms with Gasteiger partial charge in [0.2, 0.25) is 0 Å². The molecule has 2 atom stereocenters. The molecule has 1 fully saturated rings. The van der Waals surface area contributed by atoms with Gasteiger partial charge < -0.3 is 5.32 Å². The molecule has 2 unspecified atom stereocenters. The van der Waals surface area contributed by atoms with E-state index in [1.807, 2.05) is 0 Å². The third kappa shape index (κ3) is 5.82. The van der Waals surface area contributed by atoms with Gasteiger partial charge in [-0.2, -0.15) is 11.8 Å². The van der Waals surface area contributed by atoms with E-state index >= 15 is 0 Å². The SMILES string of the molecule is CCCCC(CC)NCC1CCCCS1. The highest BCUT2D eigenvalue weighted by Gasteiger charge is 2.14. The molecule has 0 amide bonds. The standard InChI is InChI=1S/C13H27NS/c1-3-5-8-12(4-2)14-11-13-9-6-7-10-15-13/h12-14H,3-11H2,1-2H3. The molecule has 0 aromatic heterocycles. The third-order valence-corrected chi connectivity index (χ3v) is 4.71. The summed E-state index contributed by atoms with van der Waals surface area (Å²) in [5.41, 5.74) is 0. The van der Waals surface area contributed by atoms with E-state index in [-0.39, 0.29) is 0 Å². The Labute approximate surface area is 99.8 Å². The van der Waals surface area contributed by atoms with Crippen LogP contribution in [0.15, 0.2) is 0 Å². The quantitative estimate of drug-likeness (QED) is 0.712. The van der Waals surface area contributed by atoms with Gasteiger partial charge in [0, 0.05) is 17.8 Å². The highest BCUT2D eigenvalue weighted by molar-refractivity contribution is 7.99. The summed E-state index contributed by atoms with van der Waals surface area (Å²) >= 11 is 2.18. The molecule has 1 saturated heterocycles. The van der Waals surface area contributed by atoms with Gasteiger partial charge in [-0.15, -0.1) is 0 Å². The molecule has 0 radical (unpaired) electrons. The maximum atomic E-state index is 3.75. The van der Waals surface area contributed by atoms with E-state index < -0.39 is 0 Å². The third-order valence-electron chi connectivity index (χ3n) is 3.31. The minimum Gasteiger partial charge on any atom is -0.313 e. The maximum absolute atomic E-state index is 3.75. The fraction of sp³-hybridized carbons (Fsp3) is 1.00. The van der Waals surface area contributed by atoms with E-state index in [9.17, 15) is 0 Å². The van der Waals surface area contributed by atoms with Crippen molar-refractivity contribution in [2.75, 3.05) is 12.3 Å². The van der Waals surface area contributed by atoms with E-state index in [1.54, 1.807) is 0 Å². The Morgan fingerprint density at radius 2 is 2.20 bits per heavy atom. The van der Waals surface area contributed by atoms with Crippen LogP contribution in [0.3, 0.4) is 0 Å². The van der Waals surface area contributed by atoms with Crippen molar-refractivity contribution in [2.24, 2.45) is 0 Å². The Kier molecular flexibility index (Phi) is 7.54. The van der Waals surface area contributed by atoms with E-state index in [2.05, 4.69) is 30.9 Å². The van der Waals surface area contributed by atoms with Crippen LogP contribution >= 0.6 is 11.8 Å². The van der Waals surface area contributed by atoms with Crippen LogP contribution in [0, 0.1) is 0 Å². The normalized spacial score (nSPS) is 24.0. The molecule has 0 saturated carbocycles. The Balaban J connectivity index is 2.09. The summed E-state index contributed by atoms with van der Waals surface area (Å²) in [5.74, 6) is 1.39. The molecule has 0 aliphatic carbocycles. The van der Waals surface area contributed by atoms with E-state index in [0.29, 0.717) is 0 Å². The van der Waals surface area contributed by atoms with Crippen molar-refractivity contribution in [1.29, 1.82) is 0 Å². The van der Waals surface area contributed by atoms with E-state index in [4.69, 9.17) is 0 Å². The molecule has 1 nitrogen and oxygen atoms in total. The molecule has 15 heavy (non-hydrogen) atoms. The Morgan fingerprint density at radius 3 is 2.80 bits per heavy atom. The summed E-state index contributed by atoms with van der Waals surface area (Å²) in [7, 11) is 0. The van der Waals surface area contributed by atoms with Gasteiger partial charge in [-0.1, -0.05) is 33.1 Å². The van der Waals surface area contributed by atoms with Gasteiger partial charge in [-0.05, 0) is 31.4 Å². The molecule has 1 aliphatic heterocycles. The lowest BCUT2D eigenvalue weighted by Gasteiger charge is -2.24. The topological polar surface area (TPSA) is 12.0 Å². The van der Waals surface area contributed by atoms with Crippen LogP contribution in [-0.4, -0.2) is 23.6 Å². The summed E-state index contributed by atoms with van der Waals surface area (Å²) in [5, 5.41) is 4.65. The lowest BCUT2D eigenvalue weighted by molar-refractivity contribution is 0.445. The Morgan fingerprint density at radius 1 is 1.33 bits per heavy atom. The van der Waals surface area contributed by atoms with Gasteiger partial charge in [0.05, 0.1) is 0 Å². The van der Waals surface area contributed by atoms with Crippen LogP contribution in [0.2, 0.25) is 0 Å². The second-order valence-electron chi connectivity index (χ2n) is 4.64. The second-order valence-corrected chi connectivity index (χ2v) is 6.05. The highest BCUT2D eigenvalue weighted by Crippen LogP contribution is 2.24. The van der Waals surface area contributed by atoms with E-state index in [0.717, 1.165) is 11.3 Å². The molecule has 1 rings (SSSR count). The molecule has 0 aromatic carbocycles. The van der Waals surface area contributed by atoms with Gasteiger partial charge in [0.1, 0.15) is 0 Å². The van der Waals surface area contributed by atoms with Crippen LogP contribution in [0.5, 0.6) is 0 Å². The molecular formula is C13H27NS. The van der Waals surface area contributed by atoms with Gasteiger partial charge in [-0.25, -0.2) is 0 Å². The lowest BCUT2D eigenvalue weighted by atomic mass is 10.1. The van der Waals surface area contributed by atoms with Gasteiger partial charge in [-0.3, -0.25) is 0 Å². The van der Waals surface area contributed by atoms with Crippen molar-refractivity contribution in [3.05, 3.63) is 0 Å². The molecule has 2 heteroatoms. The largest absolute Gasteiger partial charge is 0.313 e. The van der Waals surface area contributed by atoms with Crippen molar-refractivity contribution in [2.45, 2.75) is 70.1 Å². The number of hydrogen-bond acceptors (Lipinski definition) is 2. The summed E-state index contributed by atoms with van der Waals surface area (Å²) in [6, 6.07) is 0.771. The van der Waals surface area contributed by atoms with Crippen LogP contribution < -0.4 is 5.32 Å². The fourth-order valence-corrected chi connectivity index (χ4v) is 3.42. The zero-order chi connectivity index (χ0) is 10.9. The first-order chi connectivity index (χ1) is 7.36.